The van der Waals surface area contributed by atoms with Crippen molar-refractivity contribution < 1.29 is 0 Å². The molecule has 0 atom stereocenters. The maximum Gasteiger partial charge on any atom is 0.0318 e. The van der Waals surface area contributed by atoms with E-state index in [2.05, 4.69) is 20.8 Å². The molecule has 1 heteroatoms. The minimum absolute atomic E-state index is 0.122. The van der Waals surface area contributed by atoms with Gasteiger partial charge in [0.25, 0.3) is 0 Å². The summed E-state index contributed by atoms with van der Waals surface area (Å²) in [6, 6.07) is 0. The molecule has 0 spiro atoms. The molecule has 1 N–H and O–H groups in total. The molecule has 0 fully saturated rings. The van der Waals surface area contributed by atoms with Gasteiger partial charge >= 0.3 is 0 Å². The summed E-state index contributed by atoms with van der Waals surface area (Å²) in [5.74, 6) is 0. The van der Waals surface area contributed by atoms with Crippen LogP contribution in [0.1, 0.15) is 85.0 Å². The molecule has 0 aromatic carbocycles. The minimum atomic E-state index is -0.122. The molecule has 91 valence electrons. The second-order valence-corrected chi connectivity index (χ2v) is 4.86. The van der Waals surface area contributed by atoms with Crippen LogP contribution in [-0.4, -0.2) is 5.54 Å². The fourth-order valence-corrected chi connectivity index (χ4v) is 2.02. The molecule has 1 nitrogen and oxygen atoms in total. The molecule has 1 radical (unpaired) electrons. The van der Waals surface area contributed by atoms with Gasteiger partial charge in [-0.15, -0.1) is 0 Å². The maximum absolute atomic E-state index is 8.16. The van der Waals surface area contributed by atoms with Gasteiger partial charge in [-0.1, -0.05) is 65.7 Å². The van der Waals surface area contributed by atoms with Crippen LogP contribution in [0, 0.1) is 0 Å². The van der Waals surface area contributed by atoms with E-state index in [1.807, 2.05) is 0 Å². The summed E-state index contributed by atoms with van der Waals surface area (Å²) in [5, 5.41) is 0. The topological polar surface area (TPSA) is 23.8 Å². The predicted octanol–water partition coefficient (Wildman–Crippen LogP) is 4.97. The Balaban J connectivity index is 3.29. The third kappa shape index (κ3) is 7.84. The zero-order chi connectivity index (χ0) is 11.6. The second-order valence-electron chi connectivity index (χ2n) is 4.86. The fourth-order valence-electron chi connectivity index (χ4n) is 2.02. The van der Waals surface area contributed by atoms with Crippen LogP contribution in [-0.2, 0) is 0 Å². The lowest BCUT2D eigenvalue weighted by molar-refractivity contribution is 0.337. The molecule has 0 heterocycles. The highest BCUT2D eigenvalue weighted by atomic mass is 14.7. The van der Waals surface area contributed by atoms with Crippen LogP contribution in [0.15, 0.2) is 0 Å². The van der Waals surface area contributed by atoms with Gasteiger partial charge in [-0.3, -0.25) is 5.73 Å². The van der Waals surface area contributed by atoms with E-state index in [4.69, 9.17) is 5.73 Å². The maximum atomic E-state index is 8.16. The average molecular weight is 212 g/mol. The Labute approximate surface area is 96.8 Å². The lowest BCUT2D eigenvalue weighted by atomic mass is 9.88. The minimum Gasteiger partial charge on any atom is -0.251 e. The third-order valence-electron chi connectivity index (χ3n) is 3.61. The molecule has 0 saturated carbocycles. The van der Waals surface area contributed by atoms with E-state index >= 15 is 0 Å². The van der Waals surface area contributed by atoms with Crippen molar-refractivity contribution >= 4 is 0 Å². The molecule has 0 aliphatic heterocycles. The van der Waals surface area contributed by atoms with E-state index in [1.54, 1.807) is 0 Å². The van der Waals surface area contributed by atoms with Crippen LogP contribution >= 0.6 is 0 Å². The predicted molar refractivity (Wildman–Crippen MR) is 69.0 cm³/mol. The highest BCUT2D eigenvalue weighted by molar-refractivity contribution is 4.79. The van der Waals surface area contributed by atoms with Crippen LogP contribution < -0.4 is 5.73 Å². The first-order valence-corrected chi connectivity index (χ1v) is 6.93. The van der Waals surface area contributed by atoms with Crippen LogP contribution in [0.5, 0.6) is 0 Å². The average Bonchev–Trinajstić information content (AvgIpc) is 2.27. The normalized spacial score (nSPS) is 12.0. The van der Waals surface area contributed by atoms with Crippen LogP contribution in [0.25, 0.3) is 0 Å². The molecule has 15 heavy (non-hydrogen) atoms. The molecule has 0 saturated heterocycles. The van der Waals surface area contributed by atoms with Gasteiger partial charge in [0.2, 0.25) is 0 Å². The summed E-state index contributed by atoms with van der Waals surface area (Å²) in [6.45, 7) is 6.56. The Bertz CT molecular complexity index is 127. The number of hydrogen-bond donors (Lipinski definition) is 0. The molecule has 0 aliphatic rings. The van der Waals surface area contributed by atoms with Crippen molar-refractivity contribution in [1.82, 2.24) is 5.73 Å². The van der Waals surface area contributed by atoms with Crippen LogP contribution in [0.3, 0.4) is 0 Å². The first-order valence-electron chi connectivity index (χ1n) is 6.93. The number of unbranched alkanes of at least 4 members (excludes halogenated alkanes) is 6. The van der Waals surface area contributed by atoms with Gasteiger partial charge in [-0.2, -0.15) is 0 Å². The van der Waals surface area contributed by atoms with E-state index < -0.39 is 0 Å². The first-order chi connectivity index (χ1) is 7.18. The lowest BCUT2D eigenvalue weighted by Gasteiger charge is -2.25. The number of hydrogen-bond acceptors (Lipinski definition) is 0. The monoisotopic (exact) mass is 212 g/mol. The summed E-state index contributed by atoms with van der Waals surface area (Å²) in [6.07, 6.45) is 12.6. The van der Waals surface area contributed by atoms with Gasteiger partial charge in [0.1, 0.15) is 0 Å². The molecule has 0 aromatic rings. The summed E-state index contributed by atoms with van der Waals surface area (Å²) >= 11 is 0. The summed E-state index contributed by atoms with van der Waals surface area (Å²) in [4.78, 5) is 0. The first kappa shape index (κ1) is 15.0. The Kier molecular flexibility index (Phi) is 9.18. The quantitative estimate of drug-likeness (QED) is 0.457. The molecular formula is C14H30N. The highest BCUT2D eigenvalue weighted by Gasteiger charge is 2.19. The van der Waals surface area contributed by atoms with E-state index in [1.165, 1.54) is 44.9 Å². The van der Waals surface area contributed by atoms with Crippen molar-refractivity contribution in [3.8, 4) is 0 Å². The number of rotatable bonds is 10. The van der Waals surface area contributed by atoms with Gasteiger partial charge in [0.05, 0.1) is 0 Å². The van der Waals surface area contributed by atoms with Crippen molar-refractivity contribution in [2.45, 2.75) is 90.5 Å². The van der Waals surface area contributed by atoms with E-state index in [0.717, 1.165) is 19.3 Å². The van der Waals surface area contributed by atoms with Crippen molar-refractivity contribution in [2.75, 3.05) is 0 Å². The van der Waals surface area contributed by atoms with Crippen molar-refractivity contribution in [2.24, 2.45) is 0 Å². The molecule has 0 aromatic heterocycles. The van der Waals surface area contributed by atoms with Gasteiger partial charge in [0, 0.05) is 5.54 Å². The summed E-state index contributed by atoms with van der Waals surface area (Å²) < 4.78 is 0. The molecule has 0 aliphatic carbocycles. The summed E-state index contributed by atoms with van der Waals surface area (Å²) in [7, 11) is 0. The molecule has 0 rings (SSSR count). The molecule has 0 amide bonds. The lowest BCUT2D eigenvalue weighted by Crippen LogP contribution is -2.28. The van der Waals surface area contributed by atoms with Crippen LogP contribution in [0.4, 0.5) is 0 Å². The highest BCUT2D eigenvalue weighted by Crippen LogP contribution is 2.22. The van der Waals surface area contributed by atoms with Crippen molar-refractivity contribution in [3.63, 3.8) is 0 Å². The Hall–Kier alpha value is -0.0400. The van der Waals surface area contributed by atoms with Gasteiger partial charge in [-0.25, -0.2) is 0 Å². The van der Waals surface area contributed by atoms with E-state index in [-0.39, 0.29) is 5.54 Å². The van der Waals surface area contributed by atoms with E-state index in [0.29, 0.717) is 0 Å². The largest absolute Gasteiger partial charge is 0.251 e. The fraction of sp³-hybridized carbons (Fsp3) is 1.00. The van der Waals surface area contributed by atoms with Crippen LogP contribution in [0.2, 0.25) is 0 Å². The smallest absolute Gasteiger partial charge is 0.0318 e. The SMILES string of the molecule is CCCCCCCCCC([NH])(CC)CC. The molecular weight excluding hydrogens is 182 g/mol. The standard InChI is InChI=1S/C14H30N/c1-4-7-8-9-10-11-12-13-14(15,5-2)6-3/h15H,4-13H2,1-3H3. The Morgan fingerprint density at radius 3 is 1.67 bits per heavy atom. The van der Waals surface area contributed by atoms with Gasteiger partial charge in [0.15, 0.2) is 0 Å². The second kappa shape index (κ2) is 9.21. The molecule has 0 unspecified atom stereocenters. The Morgan fingerprint density at radius 1 is 0.733 bits per heavy atom. The zero-order valence-electron chi connectivity index (χ0n) is 11.1. The number of nitrogens with one attached hydrogen (secondary N) is 1. The zero-order valence-corrected chi connectivity index (χ0v) is 11.1. The van der Waals surface area contributed by atoms with E-state index in [9.17, 15) is 0 Å². The third-order valence-corrected chi connectivity index (χ3v) is 3.61. The van der Waals surface area contributed by atoms with Gasteiger partial charge < -0.3 is 0 Å². The van der Waals surface area contributed by atoms with Gasteiger partial charge in [-0.05, 0) is 19.3 Å². The van der Waals surface area contributed by atoms with Crippen molar-refractivity contribution in [3.05, 3.63) is 0 Å². The summed E-state index contributed by atoms with van der Waals surface area (Å²) in [5.41, 5.74) is 8.04. The van der Waals surface area contributed by atoms with Crippen molar-refractivity contribution in [1.29, 1.82) is 0 Å². The molecule has 0 bridgehead atoms. The Morgan fingerprint density at radius 2 is 1.20 bits per heavy atom.